The van der Waals surface area contributed by atoms with Gasteiger partial charge in [-0.05, 0) is 66.0 Å². The Balaban J connectivity index is 1.73. The summed E-state index contributed by atoms with van der Waals surface area (Å²) in [4.78, 5) is 46.2. The number of carbonyl (C=O) groups is 3. The van der Waals surface area contributed by atoms with E-state index in [0.29, 0.717) is 47.4 Å². The number of methoxy groups -OCH3 is 1. The summed E-state index contributed by atoms with van der Waals surface area (Å²) in [6.45, 7) is 2.83. The maximum Gasteiger partial charge on any atom is 0.409 e. The highest BCUT2D eigenvalue weighted by molar-refractivity contribution is 9.10. The number of hydrogen-bond donors (Lipinski definition) is 1. The number of amides is 2. The number of aliphatic hydroxyl groups is 1. The summed E-state index contributed by atoms with van der Waals surface area (Å²) in [5, 5.41) is 11.2. The highest BCUT2D eigenvalue weighted by atomic mass is 79.9. The van der Waals surface area contributed by atoms with Gasteiger partial charge < -0.3 is 24.4 Å². The monoisotopic (exact) mass is 543 g/mol. The van der Waals surface area contributed by atoms with Crippen molar-refractivity contribution in [2.75, 3.05) is 26.8 Å². The van der Waals surface area contributed by atoms with Crippen LogP contribution in [0.15, 0.2) is 52.6 Å². The van der Waals surface area contributed by atoms with E-state index in [2.05, 4.69) is 20.9 Å². The van der Waals surface area contributed by atoms with E-state index in [0.717, 1.165) is 0 Å². The van der Waals surface area contributed by atoms with Crippen LogP contribution in [0.2, 0.25) is 0 Å². The molecule has 1 atom stereocenters. The second kappa shape index (κ2) is 10.5. The first kappa shape index (κ1) is 24.7. The zero-order chi connectivity index (χ0) is 25.1. The molecule has 4 rings (SSSR count). The first-order valence-electron chi connectivity index (χ1n) is 11.3. The fourth-order valence-electron chi connectivity index (χ4n) is 4.57. The largest absolute Gasteiger partial charge is 0.507 e. The van der Waals surface area contributed by atoms with Crippen LogP contribution in [0.25, 0.3) is 5.76 Å². The van der Waals surface area contributed by atoms with Gasteiger partial charge >= 0.3 is 6.09 Å². The van der Waals surface area contributed by atoms with E-state index in [9.17, 15) is 19.5 Å². The Kier molecular flexibility index (Phi) is 7.39. The molecule has 0 spiro atoms. The third-order valence-corrected chi connectivity index (χ3v) is 6.88. The molecule has 10 heteroatoms. The fourth-order valence-corrected chi connectivity index (χ4v) is 5.11. The van der Waals surface area contributed by atoms with Gasteiger partial charge in [-0.2, -0.15) is 0 Å². The number of Topliss-reactive ketones (excluding diaryl/α,β-unsaturated/α-hetero) is 1. The van der Waals surface area contributed by atoms with Gasteiger partial charge in [0.25, 0.3) is 11.7 Å². The number of ketones is 1. The van der Waals surface area contributed by atoms with Crippen molar-refractivity contribution in [1.29, 1.82) is 0 Å². The van der Waals surface area contributed by atoms with E-state index >= 15 is 0 Å². The summed E-state index contributed by atoms with van der Waals surface area (Å²) in [7, 11) is 1.53. The second-order valence-electron chi connectivity index (χ2n) is 8.23. The number of likely N-dealkylation sites (tertiary alicyclic amines) is 2. The lowest BCUT2D eigenvalue weighted by molar-refractivity contribution is -0.142. The SMILES string of the molecule is CCOC(=O)N1CCC(N2C(=O)C(=O)/C(=C(/O)c3ccc(OC)c(Br)c3)C2c2ccccn2)CC1. The normalized spacial score (nSPS) is 20.3. The summed E-state index contributed by atoms with van der Waals surface area (Å²) in [5.41, 5.74) is 0.834. The van der Waals surface area contributed by atoms with Gasteiger partial charge in [0, 0.05) is 30.9 Å². The molecule has 3 heterocycles. The minimum atomic E-state index is -0.851. The van der Waals surface area contributed by atoms with Gasteiger partial charge in [-0.1, -0.05) is 6.07 Å². The number of benzene rings is 1. The van der Waals surface area contributed by atoms with Crippen LogP contribution in [0.1, 0.15) is 37.1 Å². The van der Waals surface area contributed by atoms with Crippen LogP contribution in [0.3, 0.4) is 0 Å². The molecule has 2 aromatic rings. The first-order valence-corrected chi connectivity index (χ1v) is 12.1. The van der Waals surface area contributed by atoms with Crippen LogP contribution in [0, 0.1) is 0 Å². The number of rotatable bonds is 5. The van der Waals surface area contributed by atoms with Crippen molar-refractivity contribution < 1.29 is 29.0 Å². The lowest BCUT2D eigenvalue weighted by Crippen LogP contribution is -2.48. The highest BCUT2D eigenvalue weighted by Crippen LogP contribution is 2.42. The molecule has 35 heavy (non-hydrogen) atoms. The molecule has 2 aliphatic rings. The van der Waals surface area contributed by atoms with Gasteiger partial charge in [-0.25, -0.2) is 4.79 Å². The molecule has 0 bridgehead atoms. The van der Waals surface area contributed by atoms with E-state index in [1.54, 1.807) is 54.4 Å². The Morgan fingerprint density at radius 1 is 1.20 bits per heavy atom. The molecule has 2 aliphatic heterocycles. The molecule has 0 radical (unpaired) electrons. The maximum absolute atomic E-state index is 13.3. The molecule has 1 N–H and O–H groups in total. The van der Waals surface area contributed by atoms with Crippen LogP contribution in [0.4, 0.5) is 4.79 Å². The molecule has 1 aromatic carbocycles. The molecule has 2 amide bonds. The van der Waals surface area contributed by atoms with E-state index in [1.807, 2.05) is 0 Å². The Labute approximate surface area is 211 Å². The molecule has 0 saturated carbocycles. The predicted octanol–water partition coefficient (Wildman–Crippen LogP) is 3.90. The lowest BCUT2D eigenvalue weighted by atomic mass is 9.96. The smallest absolute Gasteiger partial charge is 0.409 e. The van der Waals surface area contributed by atoms with Crippen molar-refractivity contribution in [1.82, 2.24) is 14.8 Å². The van der Waals surface area contributed by atoms with Crippen LogP contribution >= 0.6 is 15.9 Å². The molecular weight excluding hydrogens is 518 g/mol. The van der Waals surface area contributed by atoms with Crippen molar-refractivity contribution in [3.63, 3.8) is 0 Å². The molecule has 2 saturated heterocycles. The quantitative estimate of drug-likeness (QED) is 0.346. The minimum Gasteiger partial charge on any atom is -0.507 e. The maximum atomic E-state index is 13.3. The average molecular weight is 544 g/mol. The summed E-state index contributed by atoms with van der Waals surface area (Å²) in [5.74, 6) is -1.17. The number of hydrogen-bond acceptors (Lipinski definition) is 7. The molecule has 184 valence electrons. The van der Waals surface area contributed by atoms with Crippen molar-refractivity contribution in [2.24, 2.45) is 0 Å². The number of aromatic nitrogens is 1. The van der Waals surface area contributed by atoms with Gasteiger partial charge in [-0.3, -0.25) is 14.6 Å². The van der Waals surface area contributed by atoms with E-state index in [-0.39, 0.29) is 30.1 Å². The highest BCUT2D eigenvalue weighted by Gasteiger charge is 2.50. The topological polar surface area (TPSA) is 109 Å². The standard InChI is InChI=1S/C25H26BrN3O6/c1-3-35-25(33)28-12-9-16(10-13-28)29-21(18-6-4-5-11-27-18)20(23(31)24(29)32)22(30)15-7-8-19(34-2)17(26)14-15/h4-8,11,14,16,21,30H,3,9-10,12-13H2,1-2H3/b22-20+. The molecule has 1 aromatic heterocycles. The zero-order valence-electron chi connectivity index (χ0n) is 19.4. The minimum absolute atomic E-state index is 0.0152. The van der Waals surface area contributed by atoms with E-state index < -0.39 is 17.7 Å². The summed E-state index contributed by atoms with van der Waals surface area (Å²) in [6, 6.07) is 9.01. The predicted molar refractivity (Wildman–Crippen MR) is 131 cm³/mol. The number of carbonyl (C=O) groups excluding carboxylic acids is 3. The zero-order valence-corrected chi connectivity index (χ0v) is 21.0. The molecule has 9 nitrogen and oxygen atoms in total. The fraction of sp³-hybridized carbons (Fsp3) is 0.360. The van der Waals surface area contributed by atoms with Crippen molar-refractivity contribution >= 4 is 39.5 Å². The second-order valence-corrected chi connectivity index (χ2v) is 9.08. The molecule has 1 unspecified atom stereocenters. The summed E-state index contributed by atoms with van der Waals surface area (Å²) >= 11 is 3.40. The van der Waals surface area contributed by atoms with Gasteiger partial charge in [0.05, 0.1) is 29.5 Å². The van der Waals surface area contributed by atoms with Gasteiger partial charge in [0.1, 0.15) is 17.6 Å². The third kappa shape index (κ3) is 4.75. The number of aliphatic hydroxyl groups excluding tert-OH is 1. The Morgan fingerprint density at radius 2 is 1.94 bits per heavy atom. The Bertz CT molecular complexity index is 1160. The van der Waals surface area contributed by atoms with Gasteiger partial charge in [0.15, 0.2) is 0 Å². The number of pyridine rings is 1. The number of piperidine rings is 1. The molecular formula is C25H26BrN3O6. The molecule has 0 aliphatic carbocycles. The molecule has 2 fully saturated rings. The number of ether oxygens (including phenoxy) is 2. The van der Waals surface area contributed by atoms with Gasteiger partial charge in [0.2, 0.25) is 0 Å². The van der Waals surface area contributed by atoms with Crippen LogP contribution in [0.5, 0.6) is 5.75 Å². The summed E-state index contributed by atoms with van der Waals surface area (Å²) < 4.78 is 10.9. The number of nitrogens with zero attached hydrogens (tertiary/aromatic N) is 3. The van der Waals surface area contributed by atoms with Crippen molar-refractivity contribution in [3.8, 4) is 5.75 Å². The summed E-state index contributed by atoms with van der Waals surface area (Å²) in [6.07, 6.45) is 2.15. The third-order valence-electron chi connectivity index (χ3n) is 6.26. The first-order chi connectivity index (χ1) is 16.9. The Morgan fingerprint density at radius 3 is 2.54 bits per heavy atom. The van der Waals surface area contributed by atoms with Crippen LogP contribution < -0.4 is 4.74 Å². The van der Waals surface area contributed by atoms with Crippen molar-refractivity contribution in [2.45, 2.75) is 31.8 Å². The Hall–Kier alpha value is -3.40. The van der Waals surface area contributed by atoms with E-state index in [1.165, 1.54) is 12.0 Å². The van der Waals surface area contributed by atoms with Gasteiger partial charge in [-0.15, -0.1) is 0 Å². The van der Waals surface area contributed by atoms with Crippen LogP contribution in [-0.4, -0.2) is 70.5 Å². The average Bonchev–Trinajstić information content (AvgIpc) is 3.14. The number of halogens is 1. The van der Waals surface area contributed by atoms with E-state index in [4.69, 9.17) is 9.47 Å². The van der Waals surface area contributed by atoms with Crippen molar-refractivity contribution in [3.05, 3.63) is 63.9 Å². The lowest BCUT2D eigenvalue weighted by Gasteiger charge is -2.38. The van der Waals surface area contributed by atoms with Crippen LogP contribution in [-0.2, 0) is 14.3 Å².